The molecule has 0 unspecified atom stereocenters. The highest BCUT2D eigenvalue weighted by molar-refractivity contribution is 5.67. The molecule has 0 bridgehead atoms. The molecule has 1 aromatic carbocycles. The van der Waals surface area contributed by atoms with E-state index in [1.54, 1.807) is 4.90 Å². The molecule has 1 amide bonds. The first-order valence-electron chi connectivity index (χ1n) is 7.39. The van der Waals surface area contributed by atoms with Crippen LogP contribution in [0.4, 0.5) is 4.79 Å². The van der Waals surface area contributed by atoms with Gasteiger partial charge in [0.25, 0.3) is 0 Å². The van der Waals surface area contributed by atoms with Crippen LogP contribution in [-0.4, -0.2) is 27.1 Å². The van der Waals surface area contributed by atoms with Crippen molar-refractivity contribution in [2.75, 3.05) is 6.54 Å². The molecule has 6 heteroatoms. The van der Waals surface area contributed by atoms with Gasteiger partial charge in [-0.05, 0) is 12.5 Å². The van der Waals surface area contributed by atoms with E-state index in [-0.39, 0.29) is 12.7 Å². The second-order valence-corrected chi connectivity index (χ2v) is 5.38. The second kappa shape index (κ2) is 6.19. The van der Waals surface area contributed by atoms with Crippen LogP contribution in [0, 0.1) is 6.92 Å². The first-order chi connectivity index (χ1) is 10.7. The van der Waals surface area contributed by atoms with E-state index in [2.05, 4.69) is 9.55 Å². The SMILES string of the molecule is Cc1nc2n(c1CN)CCN(C(=O)OCc1ccccc1)C2. The van der Waals surface area contributed by atoms with Gasteiger partial charge < -0.3 is 15.0 Å². The smallest absolute Gasteiger partial charge is 0.410 e. The van der Waals surface area contributed by atoms with Crippen LogP contribution in [0.3, 0.4) is 0 Å². The molecule has 1 aromatic heterocycles. The van der Waals surface area contributed by atoms with Crippen LogP contribution >= 0.6 is 0 Å². The Morgan fingerprint density at radius 3 is 2.82 bits per heavy atom. The minimum absolute atomic E-state index is 0.289. The minimum atomic E-state index is -0.301. The normalized spacial score (nSPS) is 13.8. The molecule has 0 saturated carbocycles. The van der Waals surface area contributed by atoms with Crippen molar-refractivity contribution < 1.29 is 9.53 Å². The van der Waals surface area contributed by atoms with Crippen LogP contribution in [0.5, 0.6) is 0 Å². The topological polar surface area (TPSA) is 73.4 Å². The summed E-state index contributed by atoms with van der Waals surface area (Å²) in [5.41, 5.74) is 8.73. The monoisotopic (exact) mass is 300 g/mol. The summed E-state index contributed by atoms with van der Waals surface area (Å²) in [7, 11) is 0. The highest BCUT2D eigenvalue weighted by Gasteiger charge is 2.25. The number of aryl methyl sites for hydroxylation is 1. The van der Waals surface area contributed by atoms with Crippen molar-refractivity contribution in [3.63, 3.8) is 0 Å². The molecule has 2 aromatic rings. The van der Waals surface area contributed by atoms with E-state index in [0.29, 0.717) is 26.2 Å². The molecular weight excluding hydrogens is 280 g/mol. The number of fused-ring (bicyclic) bond motifs is 1. The molecule has 22 heavy (non-hydrogen) atoms. The summed E-state index contributed by atoms with van der Waals surface area (Å²) in [4.78, 5) is 18.4. The van der Waals surface area contributed by atoms with E-state index >= 15 is 0 Å². The average molecular weight is 300 g/mol. The van der Waals surface area contributed by atoms with Crippen LogP contribution < -0.4 is 5.73 Å². The average Bonchev–Trinajstić information content (AvgIpc) is 2.87. The molecule has 0 aliphatic carbocycles. The van der Waals surface area contributed by atoms with Gasteiger partial charge in [-0.25, -0.2) is 9.78 Å². The van der Waals surface area contributed by atoms with Crippen molar-refractivity contribution in [1.29, 1.82) is 0 Å². The summed E-state index contributed by atoms with van der Waals surface area (Å²) >= 11 is 0. The fourth-order valence-electron chi connectivity index (χ4n) is 2.75. The minimum Gasteiger partial charge on any atom is -0.445 e. The van der Waals surface area contributed by atoms with E-state index in [0.717, 1.165) is 22.8 Å². The number of carbonyl (C=O) groups is 1. The maximum atomic E-state index is 12.2. The molecule has 2 N–H and O–H groups in total. The third-order valence-corrected chi connectivity index (χ3v) is 3.93. The highest BCUT2D eigenvalue weighted by Crippen LogP contribution is 2.18. The lowest BCUT2D eigenvalue weighted by atomic mass is 10.2. The van der Waals surface area contributed by atoms with Gasteiger partial charge in [0.05, 0.1) is 17.9 Å². The van der Waals surface area contributed by atoms with E-state index in [1.165, 1.54) is 0 Å². The van der Waals surface area contributed by atoms with Gasteiger partial charge in [-0.15, -0.1) is 0 Å². The van der Waals surface area contributed by atoms with Crippen molar-refractivity contribution in [2.24, 2.45) is 5.73 Å². The summed E-state index contributed by atoms with van der Waals surface area (Å²) in [5, 5.41) is 0. The lowest BCUT2D eigenvalue weighted by Crippen LogP contribution is -2.39. The van der Waals surface area contributed by atoms with Gasteiger partial charge in [-0.2, -0.15) is 0 Å². The summed E-state index contributed by atoms with van der Waals surface area (Å²) in [6.45, 7) is 4.50. The maximum absolute atomic E-state index is 12.2. The number of carbonyl (C=O) groups excluding carboxylic acids is 1. The van der Waals surface area contributed by atoms with Crippen LogP contribution in [0.1, 0.15) is 22.8 Å². The Morgan fingerprint density at radius 2 is 2.09 bits per heavy atom. The fourth-order valence-corrected chi connectivity index (χ4v) is 2.75. The van der Waals surface area contributed by atoms with Crippen LogP contribution in [0.2, 0.25) is 0 Å². The number of amides is 1. The zero-order chi connectivity index (χ0) is 15.5. The van der Waals surface area contributed by atoms with Crippen molar-refractivity contribution in [3.8, 4) is 0 Å². The predicted molar refractivity (Wildman–Crippen MR) is 81.9 cm³/mol. The number of rotatable bonds is 3. The quantitative estimate of drug-likeness (QED) is 0.938. The van der Waals surface area contributed by atoms with Gasteiger partial charge in [0.1, 0.15) is 12.4 Å². The molecule has 1 aliphatic rings. The first kappa shape index (κ1) is 14.6. The van der Waals surface area contributed by atoms with Crippen LogP contribution in [-0.2, 0) is 31.0 Å². The number of nitrogens with two attached hydrogens (primary N) is 1. The summed E-state index contributed by atoms with van der Waals surface area (Å²) in [6, 6.07) is 9.67. The largest absolute Gasteiger partial charge is 0.445 e. The molecule has 1 aliphatic heterocycles. The van der Waals surface area contributed by atoms with Crippen molar-refractivity contribution >= 4 is 6.09 Å². The van der Waals surface area contributed by atoms with Gasteiger partial charge in [0.2, 0.25) is 0 Å². The van der Waals surface area contributed by atoms with Gasteiger partial charge in [0.15, 0.2) is 0 Å². The van der Waals surface area contributed by atoms with Gasteiger partial charge >= 0.3 is 6.09 Å². The first-order valence-corrected chi connectivity index (χ1v) is 7.39. The Kier molecular flexibility index (Phi) is 4.11. The standard InChI is InChI=1S/C16H20N4O2/c1-12-14(9-17)20-8-7-19(10-15(20)18-12)16(21)22-11-13-5-3-2-4-6-13/h2-6H,7-11,17H2,1H3. The van der Waals surface area contributed by atoms with Crippen LogP contribution in [0.15, 0.2) is 30.3 Å². The maximum Gasteiger partial charge on any atom is 0.410 e. The molecule has 2 heterocycles. The summed E-state index contributed by atoms with van der Waals surface area (Å²) < 4.78 is 7.48. The Balaban J connectivity index is 1.63. The number of benzene rings is 1. The van der Waals surface area contributed by atoms with E-state index < -0.39 is 0 Å². The van der Waals surface area contributed by atoms with E-state index in [9.17, 15) is 4.79 Å². The Morgan fingerprint density at radius 1 is 1.32 bits per heavy atom. The molecule has 3 rings (SSSR count). The number of imidazole rings is 1. The van der Waals surface area contributed by atoms with Gasteiger partial charge in [0, 0.05) is 19.6 Å². The van der Waals surface area contributed by atoms with Crippen molar-refractivity contribution in [1.82, 2.24) is 14.5 Å². The summed E-state index contributed by atoms with van der Waals surface area (Å²) in [5.74, 6) is 0.876. The highest BCUT2D eigenvalue weighted by atomic mass is 16.6. The third kappa shape index (κ3) is 2.82. The zero-order valence-electron chi connectivity index (χ0n) is 12.7. The molecule has 6 nitrogen and oxygen atoms in total. The molecule has 0 radical (unpaired) electrons. The molecule has 0 fully saturated rings. The number of hydrogen-bond acceptors (Lipinski definition) is 4. The Bertz CT molecular complexity index is 666. The van der Waals surface area contributed by atoms with E-state index in [1.807, 2.05) is 37.3 Å². The van der Waals surface area contributed by atoms with Gasteiger partial charge in [-0.3, -0.25) is 4.90 Å². The number of hydrogen-bond donors (Lipinski definition) is 1. The summed E-state index contributed by atoms with van der Waals surface area (Å²) in [6.07, 6.45) is -0.301. The lowest BCUT2D eigenvalue weighted by Gasteiger charge is -2.27. The fraction of sp³-hybridized carbons (Fsp3) is 0.375. The molecule has 0 spiro atoms. The number of nitrogens with zero attached hydrogens (tertiary/aromatic N) is 3. The molecule has 116 valence electrons. The van der Waals surface area contributed by atoms with Crippen molar-refractivity contribution in [2.45, 2.75) is 33.2 Å². The Hall–Kier alpha value is -2.34. The zero-order valence-corrected chi connectivity index (χ0v) is 12.7. The predicted octanol–water partition coefficient (Wildman–Crippen LogP) is 1.80. The second-order valence-electron chi connectivity index (χ2n) is 5.38. The number of ether oxygens (including phenoxy) is 1. The van der Waals surface area contributed by atoms with E-state index in [4.69, 9.17) is 10.5 Å². The molecular formula is C16H20N4O2. The Labute approximate surface area is 129 Å². The molecule has 0 atom stereocenters. The number of aromatic nitrogens is 2. The van der Waals surface area contributed by atoms with Crippen molar-refractivity contribution in [3.05, 3.63) is 53.1 Å². The lowest BCUT2D eigenvalue weighted by molar-refractivity contribution is 0.0859. The molecule has 0 saturated heterocycles. The third-order valence-electron chi connectivity index (χ3n) is 3.93. The van der Waals surface area contributed by atoms with Gasteiger partial charge in [-0.1, -0.05) is 30.3 Å². The van der Waals surface area contributed by atoms with Crippen LogP contribution in [0.25, 0.3) is 0 Å².